The second-order valence-electron chi connectivity index (χ2n) is 6.35. The zero-order valence-corrected chi connectivity index (χ0v) is 15.8. The molecule has 2 aromatic carbocycles. The van der Waals surface area contributed by atoms with Crippen LogP contribution in [0.4, 0.5) is 0 Å². The summed E-state index contributed by atoms with van der Waals surface area (Å²) in [6, 6.07) is 13.9. The number of carbonyl (C=O) groups excluding carboxylic acids is 1. The second-order valence-corrected chi connectivity index (χ2v) is 7.35. The molecular formula is C21H17NO4S. The molecule has 4 aromatic rings. The van der Waals surface area contributed by atoms with Gasteiger partial charge in [0.2, 0.25) is 6.79 Å². The van der Waals surface area contributed by atoms with E-state index >= 15 is 0 Å². The molecule has 0 unspecified atom stereocenters. The maximum Gasteiger partial charge on any atom is 0.340 e. The molecule has 1 aliphatic rings. The number of aryl methyl sites for hydroxylation is 1. The molecule has 5 rings (SSSR count). The predicted molar refractivity (Wildman–Crippen MR) is 106 cm³/mol. The largest absolute Gasteiger partial charge is 0.462 e. The molecule has 0 spiro atoms. The summed E-state index contributed by atoms with van der Waals surface area (Å²) in [5.74, 6) is 1.13. The van der Waals surface area contributed by atoms with Gasteiger partial charge in [0.25, 0.3) is 0 Å². The first-order chi connectivity index (χ1) is 13.2. The van der Waals surface area contributed by atoms with E-state index in [1.54, 1.807) is 11.3 Å². The summed E-state index contributed by atoms with van der Waals surface area (Å²) in [4.78, 5) is 14.9. The molecule has 0 saturated carbocycles. The van der Waals surface area contributed by atoms with Crippen LogP contribution in [-0.4, -0.2) is 23.9 Å². The van der Waals surface area contributed by atoms with Crippen LogP contribution in [0.5, 0.6) is 11.5 Å². The molecule has 2 aromatic heterocycles. The molecule has 1 aliphatic heterocycles. The van der Waals surface area contributed by atoms with Crippen molar-refractivity contribution in [1.82, 2.24) is 4.57 Å². The van der Waals surface area contributed by atoms with Gasteiger partial charge in [0.05, 0.1) is 17.0 Å². The van der Waals surface area contributed by atoms with Gasteiger partial charge in [-0.2, -0.15) is 0 Å². The van der Waals surface area contributed by atoms with Crippen LogP contribution in [0.25, 0.3) is 31.6 Å². The molecule has 0 bridgehead atoms. The highest BCUT2D eigenvalue weighted by Crippen LogP contribution is 2.45. The van der Waals surface area contributed by atoms with Gasteiger partial charge in [-0.05, 0) is 36.8 Å². The summed E-state index contributed by atoms with van der Waals surface area (Å²) >= 11 is 1.59. The lowest BCUT2D eigenvalue weighted by Crippen LogP contribution is -2.05. The van der Waals surface area contributed by atoms with E-state index in [9.17, 15) is 4.79 Å². The first kappa shape index (κ1) is 16.2. The minimum absolute atomic E-state index is 0.223. The maximum atomic E-state index is 12.9. The molecule has 6 heteroatoms. The van der Waals surface area contributed by atoms with E-state index in [1.165, 1.54) is 0 Å². The van der Waals surface area contributed by atoms with Gasteiger partial charge >= 0.3 is 5.97 Å². The number of fused-ring (bicyclic) bond motifs is 4. The fourth-order valence-corrected chi connectivity index (χ4v) is 4.91. The zero-order chi connectivity index (χ0) is 18.5. The first-order valence-corrected chi connectivity index (χ1v) is 9.57. The van der Waals surface area contributed by atoms with Crippen LogP contribution in [0.1, 0.15) is 17.3 Å². The van der Waals surface area contributed by atoms with Crippen LogP contribution in [0.2, 0.25) is 0 Å². The second kappa shape index (κ2) is 6.03. The molecule has 0 aliphatic carbocycles. The van der Waals surface area contributed by atoms with Gasteiger partial charge < -0.3 is 18.8 Å². The molecule has 3 heterocycles. The third kappa shape index (κ3) is 2.33. The number of benzene rings is 2. The Labute approximate surface area is 159 Å². The van der Waals surface area contributed by atoms with Crippen molar-refractivity contribution in [3.05, 3.63) is 48.0 Å². The first-order valence-electron chi connectivity index (χ1n) is 8.76. The minimum Gasteiger partial charge on any atom is -0.462 e. The van der Waals surface area contributed by atoms with Crippen molar-refractivity contribution < 1.29 is 19.0 Å². The Bertz CT molecular complexity index is 1200. The fourth-order valence-electron chi connectivity index (χ4n) is 3.63. The highest BCUT2D eigenvalue weighted by Gasteiger charge is 2.26. The van der Waals surface area contributed by atoms with Crippen LogP contribution in [0.15, 0.2) is 42.5 Å². The zero-order valence-electron chi connectivity index (χ0n) is 14.9. The Hall–Kier alpha value is -2.99. The monoisotopic (exact) mass is 379 g/mol. The number of thiophene rings is 1. The van der Waals surface area contributed by atoms with E-state index in [0.29, 0.717) is 17.9 Å². The third-order valence-electron chi connectivity index (χ3n) is 4.84. The van der Waals surface area contributed by atoms with E-state index in [-0.39, 0.29) is 12.8 Å². The summed E-state index contributed by atoms with van der Waals surface area (Å²) < 4.78 is 18.5. The van der Waals surface area contributed by atoms with Crippen molar-refractivity contribution >= 4 is 38.4 Å². The molecule has 27 heavy (non-hydrogen) atoms. The normalized spacial score (nSPS) is 12.8. The van der Waals surface area contributed by atoms with Crippen molar-refractivity contribution in [1.29, 1.82) is 0 Å². The standard InChI is InChI=1S/C21H17NO4S/c1-3-24-21(23)18-17-13-6-4-5-7-14(13)22(2)20(17)27-19(18)12-8-9-15-16(10-12)26-11-25-15/h4-10H,3,11H2,1-2H3. The van der Waals surface area contributed by atoms with Gasteiger partial charge in [0, 0.05) is 23.3 Å². The van der Waals surface area contributed by atoms with E-state index in [1.807, 2.05) is 44.3 Å². The Kier molecular flexibility index (Phi) is 3.62. The summed E-state index contributed by atoms with van der Waals surface area (Å²) in [6.45, 7) is 2.38. The van der Waals surface area contributed by atoms with Crippen molar-refractivity contribution in [3.63, 3.8) is 0 Å². The lowest BCUT2D eigenvalue weighted by molar-refractivity contribution is 0.0530. The van der Waals surface area contributed by atoms with Crippen molar-refractivity contribution in [2.24, 2.45) is 7.05 Å². The van der Waals surface area contributed by atoms with E-state index in [0.717, 1.165) is 37.3 Å². The highest BCUT2D eigenvalue weighted by atomic mass is 32.1. The number of hydrogen-bond donors (Lipinski definition) is 0. The number of para-hydroxylation sites is 1. The van der Waals surface area contributed by atoms with E-state index in [4.69, 9.17) is 14.2 Å². The number of ether oxygens (including phenoxy) is 3. The van der Waals surface area contributed by atoms with Gasteiger partial charge in [0.15, 0.2) is 11.5 Å². The summed E-state index contributed by atoms with van der Waals surface area (Å²) in [6.07, 6.45) is 0. The Balaban J connectivity index is 1.83. The van der Waals surface area contributed by atoms with Gasteiger partial charge in [-0.1, -0.05) is 18.2 Å². The molecule has 0 saturated heterocycles. The number of esters is 1. The summed E-state index contributed by atoms with van der Waals surface area (Å²) in [5.41, 5.74) is 2.64. The van der Waals surface area contributed by atoms with E-state index in [2.05, 4.69) is 16.7 Å². The molecule has 0 radical (unpaired) electrons. The number of hydrogen-bond acceptors (Lipinski definition) is 5. The van der Waals surface area contributed by atoms with Gasteiger partial charge in [-0.25, -0.2) is 4.79 Å². The van der Waals surface area contributed by atoms with Crippen LogP contribution in [0, 0.1) is 0 Å². The van der Waals surface area contributed by atoms with Gasteiger partial charge in [-0.3, -0.25) is 0 Å². The smallest absolute Gasteiger partial charge is 0.340 e. The quantitative estimate of drug-likeness (QED) is 0.472. The lowest BCUT2D eigenvalue weighted by atomic mass is 10.0. The Morgan fingerprint density at radius 1 is 1.19 bits per heavy atom. The Morgan fingerprint density at radius 3 is 2.85 bits per heavy atom. The lowest BCUT2D eigenvalue weighted by Gasteiger charge is -2.06. The topological polar surface area (TPSA) is 49.7 Å². The summed E-state index contributed by atoms with van der Waals surface area (Å²) in [5, 5.41) is 2.01. The SMILES string of the molecule is CCOC(=O)c1c(-c2ccc3c(c2)OCO3)sc2c1c1ccccc1n2C. The molecule has 0 amide bonds. The third-order valence-corrected chi connectivity index (χ3v) is 6.16. The average Bonchev–Trinajstić information content (AvgIpc) is 3.36. The molecule has 0 N–H and O–H groups in total. The highest BCUT2D eigenvalue weighted by molar-refractivity contribution is 7.22. The van der Waals surface area contributed by atoms with Crippen molar-refractivity contribution in [3.8, 4) is 21.9 Å². The number of aromatic nitrogens is 1. The number of nitrogens with zero attached hydrogens (tertiary/aromatic N) is 1. The van der Waals surface area contributed by atoms with Gasteiger partial charge in [0.1, 0.15) is 4.83 Å². The molecular weight excluding hydrogens is 362 g/mol. The fraction of sp³-hybridized carbons (Fsp3) is 0.190. The van der Waals surface area contributed by atoms with E-state index < -0.39 is 0 Å². The number of rotatable bonds is 3. The van der Waals surface area contributed by atoms with Crippen LogP contribution in [0.3, 0.4) is 0 Å². The van der Waals surface area contributed by atoms with Crippen molar-refractivity contribution in [2.75, 3.05) is 13.4 Å². The molecule has 136 valence electrons. The molecule has 5 nitrogen and oxygen atoms in total. The predicted octanol–water partition coefficient (Wildman–Crippen LogP) is 4.97. The van der Waals surface area contributed by atoms with Crippen LogP contribution >= 0.6 is 11.3 Å². The number of carbonyl (C=O) groups is 1. The molecule has 0 atom stereocenters. The van der Waals surface area contributed by atoms with Gasteiger partial charge in [-0.15, -0.1) is 11.3 Å². The minimum atomic E-state index is -0.298. The molecule has 0 fully saturated rings. The van der Waals surface area contributed by atoms with Crippen LogP contribution in [-0.2, 0) is 11.8 Å². The average molecular weight is 379 g/mol. The van der Waals surface area contributed by atoms with Crippen LogP contribution < -0.4 is 9.47 Å². The van der Waals surface area contributed by atoms with Crippen molar-refractivity contribution in [2.45, 2.75) is 6.92 Å². The Morgan fingerprint density at radius 2 is 2.00 bits per heavy atom. The summed E-state index contributed by atoms with van der Waals surface area (Å²) in [7, 11) is 2.03. The maximum absolute atomic E-state index is 12.9.